The molecular weight excluding hydrogens is 360 g/mol. The van der Waals surface area contributed by atoms with Crippen molar-refractivity contribution in [3.63, 3.8) is 0 Å². The number of para-hydroxylation sites is 1. The van der Waals surface area contributed by atoms with E-state index in [-0.39, 0.29) is 18.3 Å². The number of halogens is 1. The molecule has 1 aromatic carbocycles. The second-order valence-corrected chi connectivity index (χ2v) is 7.90. The van der Waals surface area contributed by atoms with Crippen molar-refractivity contribution in [3.8, 4) is 5.69 Å². The summed E-state index contributed by atoms with van der Waals surface area (Å²) in [6.45, 7) is 0. The van der Waals surface area contributed by atoms with Crippen LogP contribution < -0.4 is 11.1 Å². The number of benzene rings is 1. The third-order valence-corrected chi connectivity index (χ3v) is 6.00. The molecule has 0 radical (unpaired) electrons. The van der Waals surface area contributed by atoms with Gasteiger partial charge in [-0.15, -0.1) is 12.4 Å². The molecule has 2 aromatic rings. The molecule has 2 bridgehead atoms. The summed E-state index contributed by atoms with van der Waals surface area (Å²) in [4.78, 5) is 12.5. The molecule has 1 amide bonds. The highest BCUT2D eigenvalue weighted by Crippen LogP contribution is 2.39. The molecule has 146 valence electrons. The maximum Gasteiger partial charge on any atom is 0.220 e. The summed E-state index contributed by atoms with van der Waals surface area (Å²) in [6, 6.07) is 10.7. The fourth-order valence-electron chi connectivity index (χ4n) is 4.75. The van der Waals surface area contributed by atoms with Gasteiger partial charge < -0.3 is 11.1 Å². The van der Waals surface area contributed by atoms with Gasteiger partial charge in [0.25, 0.3) is 0 Å². The molecule has 2 aliphatic carbocycles. The Labute approximate surface area is 167 Å². The maximum absolute atomic E-state index is 12.5. The lowest BCUT2D eigenvalue weighted by molar-refractivity contribution is -0.123. The number of hydrogen-bond acceptors (Lipinski definition) is 3. The van der Waals surface area contributed by atoms with Gasteiger partial charge in [-0.2, -0.15) is 5.10 Å². The van der Waals surface area contributed by atoms with Gasteiger partial charge in [0, 0.05) is 24.7 Å². The summed E-state index contributed by atoms with van der Waals surface area (Å²) < 4.78 is 1.86. The number of carbonyl (C=O) groups excluding carboxylic acids is 1. The number of nitrogens with zero attached hydrogens (tertiary/aromatic N) is 2. The van der Waals surface area contributed by atoms with Gasteiger partial charge in [-0.3, -0.25) is 4.79 Å². The molecule has 2 atom stereocenters. The largest absolute Gasteiger partial charge is 0.353 e. The molecule has 1 heterocycles. The minimum Gasteiger partial charge on any atom is -0.353 e. The van der Waals surface area contributed by atoms with E-state index in [0.717, 1.165) is 30.5 Å². The van der Waals surface area contributed by atoms with E-state index in [0.29, 0.717) is 30.3 Å². The zero-order chi connectivity index (χ0) is 17.9. The van der Waals surface area contributed by atoms with Gasteiger partial charge in [-0.1, -0.05) is 24.6 Å². The second kappa shape index (κ2) is 8.89. The first-order chi connectivity index (χ1) is 12.7. The van der Waals surface area contributed by atoms with Crippen LogP contribution in [0.15, 0.2) is 42.7 Å². The highest BCUT2D eigenvalue weighted by atomic mass is 35.5. The van der Waals surface area contributed by atoms with Crippen LogP contribution in [-0.2, 0) is 11.2 Å². The quantitative estimate of drug-likeness (QED) is 0.825. The molecule has 6 heteroatoms. The van der Waals surface area contributed by atoms with Crippen LogP contribution in [0.3, 0.4) is 0 Å². The summed E-state index contributed by atoms with van der Waals surface area (Å²) in [7, 11) is 0. The zero-order valence-corrected chi connectivity index (χ0v) is 16.4. The fraction of sp³-hybridized carbons (Fsp3) is 0.524. The van der Waals surface area contributed by atoms with Gasteiger partial charge in [0.2, 0.25) is 5.91 Å². The van der Waals surface area contributed by atoms with Gasteiger partial charge in [0.1, 0.15) is 0 Å². The first kappa shape index (κ1) is 19.9. The topological polar surface area (TPSA) is 72.9 Å². The molecule has 0 spiro atoms. The van der Waals surface area contributed by atoms with Crippen LogP contribution in [0.2, 0.25) is 0 Å². The number of rotatable bonds is 5. The molecule has 0 saturated heterocycles. The predicted molar refractivity (Wildman–Crippen MR) is 109 cm³/mol. The Balaban J connectivity index is 0.00000210. The second-order valence-electron chi connectivity index (χ2n) is 7.90. The smallest absolute Gasteiger partial charge is 0.220 e. The van der Waals surface area contributed by atoms with Gasteiger partial charge >= 0.3 is 0 Å². The Hall–Kier alpha value is -1.85. The van der Waals surface area contributed by atoms with Crippen molar-refractivity contribution >= 4 is 18.3 Å². The Bertz CT molecular complexity index is 734. The molecule has 1 aromatic heterocycles. The standard InChI is InChI=1S/C21H28N4O.ClH/c22-18-11-16-5-4-6-17(12-18)21(16)24-20(26)10-9-15-13-23-25(14-15)19-7-2-1-3-8-19;/h1-3,7-8,13-14,16-18,21H,4-6,9-12,22H2,(H,24,26);1H. The van der Waals surface area contributed by atoms with Crippen LogP contribution in [0, 0.1) is 11.8 Å². The molecule has 27 heavy (non-hydrogen) atoms. The molecule has 3 N–H and O–H groups in total. The first-order valence-electron chi connectivity index (χ1n) is 9.83. The minimum absolute atomic E-state index is 0. The van der Waals surface area contributed by atoms with Crippen molar-refractivity contribution in [1.29, 1.82) is 0 Å². The highest BCUT2D eigenvalue weighted by molar-refractivity contribution is 5.85. The first-order valence-corrected chi connectivity index (χ1v) is 9.83. The number of nitrogens with one attached hydrogen (secondary N) is 1. The summed E-state index contributed by atoms with van der Waals surface area (Å²) in [5.74, 6) is 1.30. The monoisotopic (exact) mass is 388 g/mol. The van der Waals surface area contributed by atoms with Gasteiger partial charge in [0.15, 0.2) is 0 Å². The highest BCUT2D eigenvalue weighted by Gasteiger charge is 2.39. The lowest BCUT2D eigenvalue weighted by atomic mass is 9.67. The fourth-order valence-corrected chi connectivity index (χ4v) is 4.75. The van der Waals surface area contributed by atoms with Crippen molar-refractivity contribution in [3.05, 3.63) is 48.3 Å². The number of carbonyl (C=O) groups is 1. The average molecular weight is 389 g/mol. The molecule has 2 saturated carbocycles. The molecule has 5 nitrogen and oxygen atoms in total. The number of fused-ring (bicyclic) bond motifs is 2. The van der Waals surface area contributed by atoms with E-state index in [2.05, 4.69) is 10.4 Å². The summed E-state index contributed by atoms with van der Waals surface area (Å²) in [5, 5.41) is 7.73. The van der Waals surface area contributed by atoms with Crippen LogP contribution in [-0.4, -0.2) is 27.8 Å². The van der Waals surface area contributed by atoms with E-state index in [1.807, 2.05) is 47.4 Å². The van der Waals surface area contributed by atoms with Crippen molar-refractivity contribution in [1.82, 2.24) is 15.1 Å². The van der Waals surface area contributed by atoms with E-state index < -0.39 is 0 Å². The molecule has 2 aliphatic rings. The lowest BCUT2D eigenvalue weighted by Gasteiger charge is -2.45. The zero-order valence-electron chi connectivity index (χ0n) is 15.6. The summed E-state index contributed by atoms with van der Waals surface area (Å²) in [5.41, 5.74) is 8.31. The van der Waals surface area contributed by atoms with Crippen LogP contribution in [0.25, 0.3) is 5.69 Å². The van der Waals surface area contributed by atoms with Crippen molar-refractivity contribution in [2.45, 2.75) is 57.0 Å². The molecular formula is C21H29ClN4O. The average Bonchev–Trinajstić information content (AvgIpc) is 3.11. The van der Waals surface area contributed by atoms with Crippen LogP contribution >= 0.6 is 12.4 Å². The molecule has 2 unspecified atom stereocenters. The number of amides is 1. The van der Waals surface area contributed by atoms with Crippen molar-refractivity contribution < 1.29 is 4.79 Å². The number of aromatic nitrogens is 2. The third kappa shape index (κ3) is 4.71. The van der Waals surface area contributed by atoms with Gasteiger partial charge in [-0.05, 0) is 61.6 Å². The van der Waals surface area contributed by atoms with E-state index in [1.165, 1.54) is 19.3 Å². The predicted octanol–water partition coefficient (Wildman–Crippen LogP) is 3.25. The number of hydrogen-bond donors (Lipinski definition) is 2. The van der Waals surface area contributed by atoms with Crippen molar-refractivity contribution in [2.24, 2.45) is 17.6 Å². The van der Waals surface area contributed by atoms with Crippen molar-refractivity contribution in [2.75, 3.05) is 0 Å². The number of nitrogens with two attached hydrogens (primary N) is 1. The van der Waals surface area contributed by atoms with Gasteiger partial charge in [-0.25, -0.2) is 4.68 Å². The SMILES string of the molecule is Cl.NC1CC2CCCC(C1)C2NC(=O)CCc1cnn(-c2ccccc2)c1. The lowest BCUT2D eigenvalue weighted by Crippen LogP contribution is -2.53. The van der Waals surface area contributed by atoms with E-state index in [1.54, 1.807) is 0 Å². The Morgan fingerprint density at radius 3 is 2.59 bits per heavy atom. The van der Waals surface area contributed by atoms with E-state index in [9.17, 15) is 4.79 Å². The molecule has 2 fully saturated rings. The number of aryl methyl sites for hydroxylation is 1. The Kier molecular flexibility index (Phi) is 6.55. The van der Waals surface area contributed by atoms with E-state index >= 15 is 0 Å². The van der Waals surface area contributed by atoms with Crippen LogP contribution in [0.5, 0.6) is 0 Å². The Morgan fingerprint density at radius 2 is 1.89 bits per heavy atom. The van der Waals surface area contributed by atoms with Crippen LogP contribution in [0.4, 0.5) is 0 Å². The normalized spacial score (nSPS) is 26.9. The third-order valence-electron chi connectivity index (χ3n) is 6.00. The van der Waals surface area contributed by atoms with Crippen LogP contribution in [0.1, 0.15) is 44.1 Å². The van der Waals surface area contributed by atoms with E-state index in [4.69, 9.17) is 5.73 Å². The maximum atomic E-state index is 12.5. The van der Waals surface area contributed by atoms with Gasteiger partial charge in [0.05, 0.1) is 11.9 Å². The summed E-state index contributed by atoms with van der Waals surface area (Å²) in [6.07, 6.45) is 10.9. The summed E-state index contributed by atoms with van der Waals surface area (Å²) >= 11 is 0. The molecule has 4 rings (SSSR count). The Morgan fingerprint density at radius 1 is 1.19 bits per heavy atom. The molecule has 0 aliphatic heterocycles. The minimum atomic E-state index is 0.